The van der Waals surface area contributed by atoms with Gasteiger partial charge in [-0.15, -0.1) is 0 Å². The molecule has 3 heteroatoms. The number of hydrogen-bond donors (Lipinski definition) is 1. The van der Waals surface area contributed by atoms with Crippen LogP contribution in [-0.2, 0) is 12.0 Å². The highest BCUT2D eigenvalue weighted by Crippen LogP contribution is 2.42. The number of aromatic nitrogens is 2. The molecule has 0 radical (unpaired) electrons. The maximum Gasteiger partial charge on any atom is 0.117 e. The van der Waals surface area contributed by atoms with Gasteiger partial charge < -0.3 is 9.67 Å². The molecule has 0 unspecified atom stereocenters. The summed E-state index contributed by atoms with van der Waals surface area (Å²) in [5, 5.41) is 9.37. The van der Waals surface area contributed by atoms with Crippen LogP contribution in [0.1, 0.15) is 32.0 Å². The zero-order valence-electron chi connectivity index (χ0n) is 8.03. The average Bonchev–Trinajstić information content (AvgIpc) is 2.52. The van der Waals surface area contributed by atoms with Crippen molar-refractivity contribution in [2.24, 2.45) is 0 Å². The lowest BCUT2D eigenvalue weighted by Crippen LogP contribution is -2.40. The van der Waals surface area contributed by atoms with Gasteiger partial charge in [0.15, 0.2) is 0 Å². The lowest BCUT2D eigenvalue weighted by atomic mass is 9.68. The molecule has 1 saturated carbocycles. The lowest BCUT2D eigenvalue weighted by Gasteiger charge is -2.39. The van der Waals surface area contributed by atoms with Gasteiger partial charge in [0.2, 0.25) is 0 Å². The molecule has 0 spiro atoms. The number of hydrogen-bond acceptors (Lipinski definition) is 2. The Kier molecular flexibility index (Phi) is 2.12. The van der Waals surface area contributed by atoms with Crippen molar-refractivity contribution < 1.29 is 5.11 Å². The number of aryl methyl sites for hydroxylation is 1. The van der Waals surface area contributed by atoms with Gasteiger partial charge in [-0.3, -0.25) is 0 Å². The molecular formula is C10H16N2O. The summed E-state index contributed by atoms with van der Waals surface area (Å²) in [6.07, 6.45) is 7.21. The van der Waals surface area contributed by atoms with Crippen LogP contribution in [0.15, 0.2) is 12.4 Å². The Bertz CT molecular complexity index is 283. The first-order valence-electron chi connectivity index (χ1n) is 4.95. The van der Waals surface area contributed by atoms with Crippen LogP contribution >= 0.6 is 0 Å². The fraction of sp³-hybridized carbons (Fsp3) is 0.700. The van der Waals surface area contributed by atoms with Gasteiger partial charge in [-0.2, -0.15) is 0 Å². The van der Waals surface area contributed by atoms with Crippen LogP contribution in [0, 0.1) is 0 Å². The van der Waals surface area contributed by atoms with E-state index in [0.717, 1.165) is 25.2 Å². The fourth-order valence-corrected chi connectivity index (χ4v) is 2.08. The van der Waals surface area contributed by atoms with E-state index in [0.29, 0.717) is 0 Å². The summed E-state index contributed by atoms with van der Waals surface area (Å²) in [5.74, 6) is 1.07. The Labute approximate surface area is 78.4 Å². The highest BCUT2D eigenvalue weighted by Gasteiger charge is 2.41. The van der Waals surface area contributed by atoms with Gasteiger partial charge in [0.25, 0.3) is 0 Å². The fourth-order valence-electron chi connectivity index (χ4n) is 2.08. The SMILES string of the molecule is CCn1ccnc1C1(CO)CCC1. The zero-order valence-corrected chi connectivity index (χ0v) is 8.03. The van der Waals surface area contributed by atoms with Gasteiger partial charge in [-0.25, -0.2) is 4.98 Å². The third-order valence-electron chi connectivity index (χ3n) is 3.14. The summed E-state index contributed by atoms with van der Waals surface area (Å²) in [6.45, 7) is 3.29. The summed E-state index contributed by atoms with van der Waals surface area (Å²) in [5.41, 5.74) is -0.0144. The average molecular weight is 180 g/mol. The predicted molar refractivity (Wildman–Crippen MR) is 50.5 cm³/mol. The van der Waals surface area contributed by atoms with Gasteiger partial charge in [0.1, 0.15) is 5.82 Å². The number of imidazole rings is 1. The Balaban J connectivity index is 2.32. The van der Waals surface area contributed by atoms with Crippen LogP contribution in [0.2, 0.25) is 0 Å². The van der Waals surface area contributed by atoms with E-state index in [1.165, 1.54) is 6.42 Å². The number of aliphatic hydroxyl groups excluding tert-OH is 1. The van der Waals surface area contributed by atoms with Crippen molar-refractivity contribution in [1.29, 1.82) is 0 Å². The number of aliphatic hydroxyl groups is 1. The van der Waals surface area contributed by atoms with E-state index < -0.39 is 0 Å². The standard InChI is InChI=1S/C10H16N2O/c1-2-12-7-6-11-9(12)10(8-13)4-3-5-10/h6-7,13H,2-5,8H2,1H3. The molecule has 0 aromatic carbocycles. The minimum atomic E-state index is -0.0144. The molecule has 0 saturated heterocycles. The van der Waals surface area contributed by atoms with Crippen molar-refractivity contribution in [3.05, 3.63) is 18.2 Å². The topological polar surface area (TPSA) is 38.0 Å². The monoisotopic (exact) mass is 180 g/mol. The van der Waals surface area contributed by atoms with Crippen LogP contribution < -0.4 is 0 Å². The molecule has 0 bridgehead atoms. The van der Waals surface area contributed by atoms with Crippen LogP contribution in [0.4, 0.5) is 0 Å². The van der Waals surface area contributed by atoms with Crippen molar-refractivity contribution in [2.75, 3.05) is 6.61 Å². The summed E-state index contributed by atoms with van der Waals surface area (Å²) in [7, 11) is 0. The van der Waals surface area contributed by atoms with Crippen molar-refractivity contribution in [1.82, 2.24) is 9.55 Å². The molecule has 1 aliphatic carbocycles. The van der Waals surface area contributed by atoms with Crippen LogP contribution in [-0.4, -0.2) is 21.3 Å². The second kappa shape index (κ2) is 3.14. The molecule has 2 rings (SSSR count). The first-order chi connectivity index (χ1) is 6.32. The highest BCUT2D eigenvalue weighted by atomic mass is 16.3. The molecular weight excluding hydrogens is 164 g/mol. The maximum atomic E-state index is 9.37. The van der Waals surface area contributed by atoms with Gasteiger partial charge in [-0.05, 0) is 19.8 Å². The first-order valence-corrected chi connectivity index (χ1v) is 4.95. The van der Waals surface area contributed by atoms with Crippen LogP contribution in [0.25, 0.3) is 0 Å². The summed E-state index contributed by atoms with van der Waals surface area (Å²) >= 11 is 0. The highest BCUT2D eigenvalue weighted by molar-refractivity contribution is 5.15. The largest absolute Gasteiger partial charge is 0.395 e. The van der Waals surface area contributed by atoms with Crippen molar-refractivity contribution in [3.63, 3.8) is 0 Å². The molecule has 72 valence electrons. The minimum absolute atomic E-state index is 0.0144. The van der Waals surface area contributed by atoms with Crippen LogP contribution in [0.3, 0.4) is 0 Å². The Morgan fingerprint density at radius 1 is 1.62 bits per heavy atom. The second-order valence-electron chi connectivity index (χ2n) is 3.83. The van der Waals surface area contributed by atoms with Gasteiger partial charge in [0.05, 0.1) is 12.0 Å². The zero-order chi connectivity index (χ0) is 9.31. The van der Waals surface area contributed by atoms with E-state index in [1.54, 1.807) is 0 Å². The Morgan fingerprint density at radius 2 is 2.38 bits per heavy atom. The number of nitrogens with zero attached hydrogens (tertiary/aromatic N) is 2. The van der Waals surface area contributed by atoms with Gasteiger partial charge in [0, 0.05) is 18.9 Å². The minimum Gasteiger partial charge on any atom is -0.395 e. The lowest BCUT2D eigenvalue weighted by molar-refractivity contribution is 0.109. The molecule has 1 aromatic rings. The molecule has 1 fully saturated rings. The van der Waals surface area contributed by atoms with E-state index in [1.807, 2.05) is 12.4 Å². The quantitative estimate of drug-likeness (QED) is 0.761. The second-order valence-corrected chi connectivity index (χ2v) is 3.83. The predicted octanol–water partition coefficient (Wildman–Crippen LogP) is 1.32. The van der Waals surface area contributed by atoms with E-state index >= 15 is 0 Å². The van der Waals surface area contributed by atoms with E-state index in [2.05, 4.69) is 16.5 Å². The normalized spacial score (nSPS) is 19.8. The molecule has 13 heavy (non-hydrogen) atoms. The van der Waals surface area contributed by atoms with Gasteiger partial charge in [-0.1, -0.05) is 6.42 Å². The summed E-state index contributed by atoms with van der Waals surface area (Å²) in [6, 6.07) is 0. The molecule has 0 amide bonds. The third-order valence-corrected chi connectivity index (χ3v) is 3.14. The van der Waals surface area contributed by atoms with Crippen molar-refractivity contribution in [3.8, 4) is 0 Å². The first kappa shape index (κ1) is 8.75. The van der Waals surface area contributed by atoms with Crippen molar-refractivity contribution in [2.45, 2.75) is 38.1 Å². The van der Waals surface area contributed by atoms with Crippen LogP contribution in [0.5, 0.6) is 0 Å². The molecule has 1 N–H and O–H groups in total. The summed E-state index contributed by atoms with van der Waals surface area (Å²) < 4.78 is 2.13. The Morgan fingerprint density at radius 3 is 2.85 bits per heavy atom. The molecule has 0 aliphatic heterocycles. The van der Waals surface area contributed by atoms with E-state index in [-0.39, 0.29) is 12.0 Å². The molecule has 0 atom stereocenters. The summed E-state index contributed by atoms with van der Waals surface area (Å²) in [4.78, 5) is 4.36. The Hall–Kier alpha value is -0.830. The maximum absolute atomic E-state index is 9.37. The molecule has 1 heterocycles. The molecule has 3 nitrogen and oxygen atoms in total. The molecule has 1 aromatic heterocycles. The van der Waals surface area contributed by atoms with Crippen molar-refractivity contribution >= 4 is 0 Å². The number of rotatable bonds is 3. The van der Waals surface area contributed by atoms with E-state index in [4.69, 9.17) is 0 Å². The smallest absolute Gasteiger partial charge is 0.117 e. The molecule has 1 aliphatic rings. The van der Waals surface area contributed by atoms with E-state index in [9.17, 15) is 5.11 Å². The van der Waals surface area contributed by atoms with Gasteiger partial charge >= 0.3 is 0 Å². The third kappa shape index (κ3) is 1.18.